The quantitative estimate of drug-likeness (QED) is 0.630. The first-order chi connectivity index (χ1) is 10.1. The van der Waals surface area contributed by atoms with Gasteiger partial charge in [-0.3, -0.25) is 4.90 Å². The maximum Gasteiger partial charge on any atom is 0.112 e. The van der Waals surface area contributed by atoms with Gasteiger partial charge in [0.2, 0.25) is 0 Å². The van der Waals surface area contributed by atoms with E-state index in [1.807, 2.05) is 0 Å². The third kappa shape index (κ3) is 12.4. The molecule has 1 aliphatic heterocycles. The summed E-state index contributed by atoms with van der Waals surface area (Å²) in [5.41, 5.74) is 1.56. The monoisotopic (exact) mass is 295 g/mol. The zero-order chi connectivity index (χ0) is 15.9. The van der Waals surface area contributed by atoms with Gasteiger partial charge in [-0.15, -0.1) is 0 Å². The Morgan fingerprint density at radius 2 is 1.57 bits per heavy atom. The Morgan fingerprint density at radius 3 is 2.10 bits per heavy atom. The lowest BCUT2D eigenvalue weighted by molar-refractivity contribution is -0.804. The molecule has 21 heavy (non-hydrogen) atoms. The highest BCUT2D eigenvalue weighted by molar-refractivity contribution is 5.60. The molecule has 1 rings (SSSR count). The summed E-state index contributed by atoms with van der Waals surface area (Å²) >= 11 is 0. The van der Waals surface area contributed by atoms with E-state index >= 15 is 0 Å². The molecular formula is C18H33NO2. The maximum atomic E-state index is 8.89. The predicted molar refractivity (Wildman–Crippen MR) is 86.6 cm³/mol. The van der Waals surface area contributed by atoms with Gasteiger partial charge in [-0.25, -0.2) is 0 Å². The molecule has 1 heterocycles. The minimum absolute atomic E-state index is 0.972. The molecule has 122 valence electrons. The number of carboxylic acids is 1. The second-order valence-electron chi connectivity index (χ2n) is 5.65. The third-order valence-corrected chi connectivity index (χ3v) is 3.69. The average Bonchev–Trinajstić information content (AvgIpc) is 2.88. The normalized spacial score (nSPS) is 16.3. The highest BCUT2D eigenvalue weighted by Crippen LogP contribution is 2.08. The molecule has 0 aromatic carbocycles. The fraction of sp³-hybridized carbons (Fsp3) is 0.722. The number of hydrogen-bond acceptors (Lipinski definition) is 2. The smallest absolute Gasteiger partial charge is 0.112 e. The second kappa shape index (κ2) is 13.9. The lowest BCUT2D eigenvalue weighted by Crippen LogP contribution is -3.04. The van der Waals surface area contributed by atoms with Gasteiger partial charge in [0.05, 0.1) is 12.7 Å². The number of unbranched alkanes of at least 4 members (excludes halogenated alkanes) is 7. The minimum atomic E-state index is -1.08. The van der Waals surface area contributed by atoms with E-state index in [1.165, 1.54) is 64.3 Å². The summed E-state index contributed by atoms with van der Waals surface area (Å²) in [5.74, 6) is -1.08. The lowest BCUT2D eigenvalue weighted by Gasteiger charge is -2.12. The number of hydrogen-bond donors (Lipinski definition) is 1. The van der Waals surface area contributed by atoms with Crippen LogP contribution in [-0.4, -0.2) is 12.5 Å². The molecule has 0 spiro atoms. The van der Waals surface area contributed by atoms with Crippen LogP contribution < -0.4 is 10.0 Å². The van der Waals surface area contributed by atoms with E-state index in [4.69, 9.17) is 9.90 Å². The third-order valence-electron chi connectivity index (χ3n) is 3.69. The van der Waals surface area contributed by atoms with Crippen molar-refractivity contribution in [3.8, 4) is 0 Å². The van der Waals surface area contributed by atoms with Crippen LogP contribution in [0.15, 0.2) is 24.0 Å². The zero-order valence-corrected chi connectivity index (χ0v) is 14.1. The molecule has 0 amide bonds. The summed E-state index contributed by atoms with van der Waals surface area (Å²) in [6, 6.07) is 0. The molecule has 1 atom stereocenters. The van der Waals surface area contributed by atoms with Gasteiger partial charge in [0.15, 0.2) is 0 Å². The summed E-state index contributed by atoms with van der Waals surface area (Å²) in [6.07, 6.45) is 19.3. The molecule has 3 heteroatoms. The van der Waals surface area contributed by atoms with E-state index in [0.717, 1.165) is 6.92 Å². The Kier molecular flexibility index (Phi) is 13.2. The molecule has 0 aromatic heterocycles. The van der Waals surface area contributed by atoms with Gasteiger partial charge in [0.1, 0.15) is 5.70 Å². The first-order valence-corrected chi connectivity index (χ1v) is 8.52. The molecule has 0 bridgehead atoms. The Morgan fingerprint density at radius 1 is 1.05 bits per heavy atom. The van der Waals surface area contributed by atoms with Crippen LogP contribution in [-0.2, 0) is 4.79 Å². The number of nitrogens with one attached hydrogen (secondary N) is 1. The number of carbonyl (C=O) groups is 1. The molecule has 3 nitrogen and oxygen atoms in total. The fourth-order valence-corrected chi connectivity index (χ4v) is 2.53. The van der Waals surface area contributed by atoms with E-state index in [0.29, 0.717) is 0 Å². The molecule has 1 N–H and O–H groups in total. The minimum Gasteiger partial charge on any atom is -0.550 e. The number of quaternary nitrogens is 1. The van der Waals surface area contributed by atoms with E-state index < -0.39 is 5.97 Å². The van der Waals surface area contributed by atoms with Gasteiger partial charge in [-0.2, -0.15) is 0 Å². The molecule has 1 unspecified atom stereocenters. The van der Waals surface area contributed by atoms with Crippen molar-refractivity contribution in [3.63, 3.8) is 0 Å². The van der Waals surface area contributed by atoms with Crippen LogP contribution in [0.25, 0.3) is 0 Å². The number of carboxylic acid groups (broad SMARTS) is 1. The van der Waals surface area contributed by atoms with Crippen LogP contribution in [0.1, 0.15) is 78.6 Å². The molecule has 0 radical (unpaired) electrons. The predicted octanol–water partition coefficient (Wildman–Crippen LogP) is 2.59. The van der Waals surface area contributed by atoms with Crippen molar-refractivity contribution in [2.24, 2.45) is 0 Å². The van der Waals surface area contributed by atoms with Crippen LogP contribution in [0.4, 0.5) is 0 Å². The second-order valence-corrected chi connectivity index (χ2v) is 5.65. The summed E-state index contributed by atoms with van der Waals surface area (Å²) < 4.78 is 0. The summed E-state index contributed by atoms with van der Waals surface area (Å²) in [6.45, 7) is 6.81. The Bertz CT molecular complexity index is 317. The number of allylic oxidation sites excluding steroid dienone is 3. The van der Waals surface area contributed by atoms with Gasteiger partial charge < -0.3 is 9.90 Å². The summed E-state index contributed by atoms with van der Waals surface area (Å²) in [5, 5.41) is 8.89. The molecule has 0 aromatic rings. The number of aliphatic carboxylic acids is 1. The van der Waals surface area contributed by atoms with Crippen molar-refractivity contribution >= 4 is 5.97 Å². The zero-order valence-electron chi connectivity index (χ0n) is 14.1. The van der Waals surface area contributed by atoms with Crippen LogP contribution in [0.2, 0.25) is 0 Å². The maximum absolute atomic E-state index is 8.89. The van der Waals surface area contributed by atoms with Crippen molar-refractivity contribution in [2.45, 2.75) is 78.6 Å². The van der Waals surface area contributed by atoms with Gasteiger partial charge in [0.25, 0.3) is 0 Å². The molecular weight excluding hydrogens is 262 g/mol. The first-order valence-electron chi connectivity index (χ1n) is 8.52. The SMILES string of the molecule is CC(=O)[O-].CCCCCCCCCC[NH+]1C=CC=C1CC. The molecule has 0 saturated carbocycles. The van der Waals surface area contributed by atoms with Crippen molar-refractivity contribution < 1.29 is 14.8 Å². The van der Waals surface area contributed by atoms with Gasteiger partial charge in [-0.05, 0) is 25.8 Å². The highest BCUT2D eigenvalue weighted by Gasteiger charge is 2.13. The van der Waals surface area contributed by atoms with Crippen molar-refractivity contribution in [2.75, 3.05) is 6.54 Å². The molecule has 1 aliphatic rings. The van der Waals surface area contributed by atoms with Crippen LogP contribution in [0.3, 0.4) is 0 Å². The molecule has 0 aliphatic carbocycles. The molecule has 0 saturated heterocycles. The number of rotatable bonds is 10. The average molecular weight is 295 g/mol. The Balaban J connectivity index is 0.000000885. The van der Waals surface area contributed by atoms with Crippen LogP contribution in [0, 0.1) is 0 Å². The van der Waals surface area contributed by atoms with Crippen molar-refractivity contribution in [1.82, 2.24) is 0 Å². The van der Waals surface area contributed by atoms with Crippen molar-refractivity contribution in [3.05, 3.63) is 24.0 Å². The van der Waals surface area contributed by atoms with Crippen LogP contribution >= 0.6 is 0 Å². The Hall–Kier alpha value is -1.09. The largest absolute Gasteiger partial charge is 0.550 e. The Labute approximate surface area is 130 Å². The van der Waals surface area contributed by atoms with E-state index in [-0.39, 0.29) is 0 Å². The van der Waals surface area contributed by atoms with E-state index in [2.05, 4.69) is 32.2 Å². The standard InChI is InChI=1S/C16H29N.C2H4O2/c1-3-5-6-7-8-9-10-11-14-17-15-12-13-16(17)4-2;1-2(3)4/h12-13,15H,3-11,14H2,1-2H3;1H3,(H,3,4). The topological polar surface area (TPSA) is 44.6 Å². The first kappa shape index (κ1) is 19.9. The van der Waals surface area contributed by atoms with Crippen LogP contribution in [0.5, 0.6) is 0 Å². The lowest BCUT2D eigenvalue weighted by atomic mass is 10.1. The highest BCUT2D eigenvalue weighted by atomic mass is 16.4. The van der Waals surface area contributed by atoms with Crippen molar-refractivity contribution in [1.29, 1.82) is 0 Å². The summed E-state index contributed by atoms with van der Waals surface area (Å²) in [7, 11) is 0. The van der Waals surface area contributed by atoms with Gasteiger partial charge in [-0.1, -0.05) is 52.4 Å². The molecule has 0 fully saturated rings. The van der Waals surface area contributed by atoms with Gasteiger partial charge >= 0.3 is 0 Å². The number of carbonyl (C=O) groups excluding carboxylic acids is 1. The van der Waals surface area contributed by atoms with Gasteiger partial charge in [0, 0.05) is 18.5 Å². The fourth-order valence-electron chi connectivity index (χ4n) is 2.53. The van der Waals surface area contributed by atoms with E-state index in [9.17, 15) is 0 Å². The van der Waals surface area contributed by atoms with E-state index in [1.54, 1.807) is 10.6 Å². The summed E-state index contributed by atoms with van der Waals surface area (Å²) in [4.78, 5) is 10.5.